The Kier molecular flexibility index (Phi) is 4.55. The van der Waals surface area contributed by atoms with Crippen molar-refractivity contribution in [2.24, 2.45) is 5.92 Å². The summed E-state index contributed by atoms with van der Waals surface area (Å²) in [5.74, 6) is 0.489. The second-order valence-electron chi connectivity index (χ2n) is 7.75. The molecule has 3 rings (SSSR count). The molecule has 0 bridgehead atoms. The summed E-state index contributed by atoms with van der Waals surface area (Å²) in [6.07, 6.45) is 8.69. The molecule has 3 aliphatic rings. The van der Waals surface area contributed by atoms with Crippen molar-refractivity contribution in [3.05, 3.63) is 0 Å². The van der Waals surface area contributed by atoms with Crippen LogP contribution in [0.5, 0.6) is 0 Å². The second-order valence-corrected chi connectivity index (χ2v) is 7.75. The van der Waals surface area contributed by atoms with Gasteiger partial charge in [-0.15, -0.1) is 0 Å². The van der Waals surface area contributed by atoms with Crippen molar-refractivity contribution >= 4 is 5.91 Å². The van der Waals surface area contributed by atoms with Gasteiger partial charge in [-0.05, 0) is 39.5 Å². The van der Waals surface area contributed by atoms with E-state index in [-0.39, 0.29) is 17.4 Å². The normalized spacial score (nSPS) is 31.6. The van der Waals surface area contributed by atoms with E-state index in [1.807, 2.05) is 0 Å². The first-order chi connectivity index (χ1) is 10.0. The van der Waals surface area contributed by atoms with Crippen LogP contribution < -0.4 is 5.32 Å². The number of carbonyl (C=O) groups is 1. The number of rotatable bonds is 3. The summed E-state index contributed by atoms with van der Waals surface area (Å²) < 4.78 is 5.71. The molecule has 3 fully saturated rings. The molecule has 0 aromatic heterocycles. The number of hydrogen-bond donors (Lipinski definition) is 1. The lowest BCUT2D eigenvalue weighted by Gasteiger charge is -2.45. The Bertz CT molecular complexity index is 371. The number of nitrogens with one attached hydrogen (secondary N) is 1. The number of amides is 1. The van der Waals surface area contributed by atoms with Gasteiger partial charge >= 0.3 is 0 Å². The van der Waals surface area contributed by atoms with Crippen molar-refractivity contribution in [3.8, 4) is 0 Å². The first-order valence-electron chi connectivity index (χ1n) is 8.72. The van der Waals surface area contributed by atoms with E-state index in [0.717, 1.165) is 38.6 Å². The van der Waals surface area contributed by atoms with E-state index in [9.17, 15) is 4.79 Å². The maximum atomic E-state index is 12.4. The molecule has 1 saturated carbocycles. The molecule has 2 heterocycles. The summed E-state index contributed by atoms with van der Waals surface area (Å²) in [4.78, 5) is 14.9. The van der Waals surface area contributed by atoms with Gasteiger partial charge < -0.3 is 10.1 Å². The number of hydrogen-bond acceptors (Lipinski definition) is 3. The van der Waals surface area contributed by atoms with E-state index in [1.54, 1.807) is 0 Å². The minimum atomic E-state index is -0.0933. The molecule has 21 heavy (non-hydrogen) atoms. The zero-order valence-electron chi connectivity index (χ0n) is 13.6. The predicted molar refractivity (Wildman–Crippen MR) is 83.1 cm³/mol. The lowest BCUT2D eigenvalue weighted by molar-refractivity contribution is -0.134. The van der Waals surface area contributed by atoms with Crippen molar-refractivity contribution < 1.29 is 9.53 Å². The molecule has 1 aliphatic carbocycles. The molecule has 0 aromatic rings. The summed E-state index contributed by atoms with van der Waals surface area (Å²) in [7, 11) is 0. The van der Waals surface area contributed by atoms with Crippen molar-refractivity contribution in [3.63, 3.8) is 0 Å². The Labute approximate surface area is 128 Å². The predicted octanol–water partition coefficient (Wildman–Crippen LogP) is 2.32. The fourth-order valence-corrected chi connectivity index (χ4v) is 4.10. The monoisotopic (exact) mass is 294 g/mol. The summed E-state index contributed by atoms with van der Waals surface area (Å²) in [5, 5.41) is 3.25. The molecule has 2 aliphatic heterocycles. The van der Waals surface area contributed by atoms with Crippen molar-refractivity contribution in [2.45, 2.75) is 76.5 Å². The second kappa shape index (κ2) is 6.25. The van der Waals surface area contributed by atoms with Gasteiger partial charge in [-0.25, -0.2) is 0 Å². The van der Waals surface area contributed by atoms with Crippen LogP contribution in [0.3, 0.4) is 0 Å². The van der Waals surface area contributed by atoms with E-state index < -0.39 is 0 Å². The fraction of sp³-hybridized carbons (Fsp3) is 0.941. The quantitative estimate of drug-likeness (QED) is 0.868. The Morgan fingerprint density at radius 3 is 2.52 bits per heavy atom. The topological polar surface area (TPSA) is 41.6 Å². The van der Waals surface area contributed by atoms with Gasteiger partial charge in [0.15, 0.2) is 0 Å². The molecule has 0 spiro atoms. The van der Waals surface area contributed by atoms with Gasteiger partial charge in [0, 0.05) is 31.8 Å². The lowest BCUT2D eigenvalue weighted by atomic mass is 9.88. The average Bonchev–Trinajstić information content (AvgIpc) is 2.37. The van der Waals surface area contributed by atoms with Crippen LogP contribution >= 0.6 is 0 Å². The average molecular weight is 294 g/mol. The zero-order chi connectivity index (χ0) is 14.9. The van der Waals surface area contributed by atoms with Gasteiger partial charge in [-0.3, -0.25) is 9.69 Å². The van der Waals surface area contributed by atoms with Crippen molar-refractivity contribution in [1.29, 1.82) is 0 Å². The Balaban J connectivity index is 1.41. The van der Waals surface area contributed by atoms with E-state index in [0.29, 0.717) is 6.04 Å². The molecule has 1 atom stereocenters. The highest BCUT2D eigenvalue weighted by Gasteiger charge is 2.38. The summed E-state index contributed by atoms with van der Waals surface area (Å²) >= 11 is 0. The summed E-state index contributed by atoms with van der Waals surface area (Å²) in [5.41, 5.74) is -0.0933. The number of ether oxygens (including phenoxy) is 1. The van der Waals surface area contributed by atoms with E-state index in [1.165, 1.54) is 32.1 Å². The zero-order valence-corrected chi connectivity index (χ0v) is 13.6. The smallest absolute Gasteiger partial charge is 0.225 e. The minimum Gasteiger partial charge on any atom is -0.375 e. The SMILES string of the molecule is CC1(C)C[C@H](NC(=O)C2CN(C3CCCCC3)C2)CCO1. The largest absolute Gasteiger partial charge is 0.375 e. The van der Waals surface area contributed by atoms with E-state index in [2.05, 4.69) is 24.1 Å². The van der Waals surface area contributed by atoms with Crippen LogP contribution in [-0.4, -0.2) is 48.2 Å². The van der Waals surface area contributed by atoms with Crippen LogP contribution in [0.25, 0.3) is 0 Å². The molecule has 1 amide bonds. The summed E-state index contributed by atoms with van der Waals surface area (Å²) in [6, 6.07) is 1.05. The van der Waals surface area contributed by atoms with Crippen LogP contribution in [0.1, 0.15) is 58.8 Å². The summed E-state index contributed by atoms with van der Waals surface area (Å²) in [6.45, 7) is 6.93. The molecule has 4 nitrogen and oxygen atoms in total. The van der Waals surface area contributed by atoms with Crippen LogP contribution in [0.2, 0.25) is 0 Å². The van der Waals surface area contributed by atoms with Gasteiger partial charge in [0.2, 0.25) is 5.91 Å². The number of carbonyl (C=O) groups excluding carboxylic acids is 1. The Hall–Kier alpha value is -0.610. The molecule has 120 valence electrons. The van der Waals surface area contributed by atoms with Gasteiger partial charge in [0.25, 0.3) is 0 Å². The molecule has 1 N–H and O–H groups in total. The molecule has 0 aromatic carbocycles. The maximum Gasteiger partial charge on any atom is 0.225 e. The molecule has 2 saturated heterocycles. The number of nitrogens with zero attached hydrogens (tertiary/aromatic N) is 1. The van der Waals surface area contributed by atoms with Gasteiger partial charge in [-0.2, -0.15) is 0 Å². The first kappa shape index (κ1) is 15.3. The highest BCUT2D eigenvalue weighted by Crippen LogP contribution is 2.29. The van der Waals surface area contributed by atoms with Crippen LogP contribution in [0, 0.1) is 5.92 Å². The van der Waals surface area contributed by atoms with Gasteiger partial charge in [0.1, 0.15) is 0 Å². The van der Waals surface area contributed by atoms with E-state index >= 15 is 0 Å². The maximum absolute atomic E-state index is 12.4. The van der Waals surface area contributed by atoms with E-state index in [4.69, 9.17) is 4.74 Å². The molecular weight excluding hydrogens is 264 g/mol. The van der Waals surface area contributed by atoms with Crippen LogP contribution in [0.15, 0.2) is 0 Å². The lowest BCUT2D eigenvalue weighted by Crippen LogP contribution is -2.59. The van der Waals surface area contributed by atoms with Gasteiger partial charge in [-0.1, -0.05) is 19.3 Å². The van der Waals surface area contributed by atoms with Gasteiger partial charge in [0.05, 0.1) is 11.5 Å². The molecule has 0 radical (unpaired) electrons. The highest BCUT2D eigenvalue weighted by atomic mass is 16.5. The third-order valence-electron chi connectivity index (χ3n) is 5.42. The third kappa shape index (κ3) is 3.78. The van der Waals surface area contributed by atoms with Crippen molar-refractivity contribution in [1.82, 2.24) is 10.2 Å². The van der Waals surface area contributed by atoms with Crippen LogP contribution in [0.4, 0.5) is 0 Å². The molecule has 4 heteroatoms. The van der Waals surface area contributed by atoms with Crippen molar-refractivity contribution in [2.75, 3.05) is 19.7 Å². The minimum absolute atomic E-state index is 0.0933. The first-order valence-corrected chi connectivity index (χ1v) is 8.72. The van der Waals surface area contributed by atoms with Crippen LogP contribution in [-0.2, 0) is 9.53 Å². The Morgan fingerprint density at radius 1 is 1.14 bits per heavy atom. The molecular formula is C17H30N2O2. The standard InChI is InChI=1S/C17H30N2O2/c1-17(2)10-14(8-9-21-17)18-16(20)13-11-19(12-13)15-6-4-3-5-7-15/h13-15H,3-12H2,1-2H3,(H,18,20)/t14-/m1/s1. The molecule has 0 unspecified atom stereocenters. The fourth-order valence-electron chi connectivity index (χ4n) is 4.10. The Morgan fingerprint density at radius 2 is 1.86 bits per heavy atom. The highest BCUT2D eigenvalue weighted by molar-refractivity contribution is 5.80. The number of likely N-dealkylation sites (tertiary alicyclic amines) is 1. The third-order valence-corrected chi connectivity index (χ3v) is 5.42.